The van der Waals surface area contributed by atoms with E-state index in [1.807, 2.05) is 12.1 Å². The molecule has 0 amide bonds. The molecule has 0 bridgehead atoms. The monoisotopic (exact) mass is 328 g/mol. The molecule has 2 unspecified atom stereocenters. The van der Waals surface area contributed by atoms with E-state index in [1.165, 1.54) is 12.8 Å². The maximum Gasteiger partial charge on any atom is 0.130 e. The third kappa shape index (κ3) is 2.99. The summed E-state index contributed by atoms with van der Waals surface area (Å²) in [6.07, 6.45) is 2.65. The summed E-state index contributed by atoms with van der Waals surface area (Å²) in [5.74, 6) is 3.74. The van der Waals surface area contributed by atoms with Crippen LogP contribution in [0.25, 0.3) is 0 Å². The Bertz CT molecular complexity index is 418. The molecule has 1 aliphatic carbocycles. The molecule has 2 rings (SSSR count). The molecule has 3 nitrogen and oxygen atoms in total. The smallest absolute Gasteiger partial charge is 0.130 e. The first-order valence-corrected chi connectivity index (χ1v) is 7.47. The predicted molar refractivity (Wildman–Crippen MR) is 79.7 cm³/mol. The lowest BCUT2D eigenvalue weighted by atomic mass is 9.95. The zero-order valence-electron chi connectivity index (χ0n) is 11.9. The highest BCUT2D eigenvalue weighted by Gasteiger charge is 2.35. The van der Waals surface area contributed by atoms with Gasteiger partial charge in [-0.15, -0.1) is 0 Å². The van der Waals surface area contributed by atoms with Crippen molar-refractivity contribution in [3.8, 4) is 17.2 Å². The maximum absolute atomic E-state index is 5.51. The van der Waals surface area contributed by atoms with E-state index >= 15 is 0 Å². The van der Waals surface area contributed by atoms with Crippen molar-refractivity contribution in [1.82, 2.24) is 0 Å². The zero-order chi connectivity index (χ0) is 14.0. The summed E-state index contributed by atoms with van der Waals surface area (Å²) in [5, 5.41) is 0. The molecule has 0 radical (unpaired) electrons. The van der Waals surface area contributed by atoms with Crippen molar-refractivity contribution in [2.45, 2.75) is 24.6 Å². The van der Waals surface area contributed by atoms with Crippen molar-refractivity contribution < 1.29 is 14.2 Å². The van der Waals surface area contributed by atoms with Crippen molar-refractivity contribution in [3.05, 3.63) is 17.7 Å². The highest BCUT2D eigenvalue weighted by molar-refractivity contribution is 9.09. The SMILES string of the molecule is COc1cc(OC)c(C(Br)C(C)C2CC2)c(OC)c1. The van der Waals surface area contributed by atoms with Gasteiger partial charge >= 0.3 is 0 Å². The predicted octanol–water partition coefficient (Wildman–Crippen LogP) is 4.19. The van der Waals surface area contributed by atoms with E-state index in [0.717, 1.165) is 28.7 Å². The summed E-state index contributed by atoms with van der Waals surface area (Å²) < 4.78 is 16.3. The minimum absolute atomic E-state index is 0.232. The van der Waals surface area contributed by atoms with Crippen LogP contribution in [0, 0.1) is 11.8 Å². The second-order valence-corrected chi connectivity index (χ2v) is 6.03. The third-order valence-corrected chi connectivity index (χ3v) is 5.15. The molecule has 1 aromatic rings. The lowest BCUT2D eigenvalue weighted by Crippen LogP contribution is -2.09. The van der Waals surface area contributed by atoms with Gasteiger partial charge in [0.1, 0.15) is 17.2 Å². The normalized spacial score (nSPS) is 17.7. The Kier molecular flexibility index (Phi) is 4.61. The Labute approximate surface area is 123 Å². The molecule has 1 aliphatic rings. The van der Waals surface area contributed by atoms with Gasteiger partial charge in [0.05, 0.1) is 26.9 Å². The molecule has 0 N–H and O–H groups in total. The van der Waals surface area contributed by atoms with Crippen LogP contribution in [-0.2, 0) is 0 Å². The summed E-state index contributed by atoms with van der Waals surface area (Å²) >= 11 is 3.82. The van der Waals surface area contributed by atoms with Gasteiger partial charge in [-0.05, 0) is 24.7 Å². The van der Waals surface area contributed by atoms with Crippen molar-refractivity contribution in [3.63, 3.8) is 0 Å². The first-order valence-electron chi connectivity index (χ1n) is 6.56. The first-order chi connectivity index (χ1) is 9.12. The van der Waals surface area contributed by atoms with E-state index in [1.54, 1.807) is 21.3 Å². The number of rotatable bonds is 6. The highest BCUT2D eigenvalue weighted by atomic mass is 79.9. The van der Waals surface area contributed by atoms with Gasteiger partial charge in [0.15, 0.2) is 0 Å². The summed E-state index contributed by atoms with van der Waals surface area (Å²) in [6.45, 7) is 2.28. The standard InChI is InChI=1S/C15H21BrO3/c1-9(10-5-6-10)15(16)14-12(18-3)7-11(17-2)8-13(14)19-4/h7-10,15H,5-6H2,1-4H3. The van der Waals surface area contributed by atoms with Crippen LogP contribution in [-0.4, -0.2) is 21.3 Å². The number of halogens is 1. The largest absolute Gasteiger partial charge is 0.496 e. The van der Waals surface area contributed by atoms with Gasteiger partial charge in [-0.25, -0.2) is 0 Å². The summed E-state index contributed by atoms with van der Waals surface area (Å²) in [4.78, 5) is 0.232. The van der Waals surface area contributed by atoms with Crippen molar-refractivity contribution in [2.24, 2.45) is 11.8 Å². The van der Waals surface area contributed by atoms with E-state index in [4.69, 9.17) is 14.2 Å². The van der Waals surface area contributed by atoms with Crippen molar-refractivity contribution >= 4 is 15.9 Å². The minimum Gasteiger partial charge on any atom is -0.496 e. The van der Waals surface area contributed by atoms with Crippen molar-refractivity contribution in [2.75, 3.05) is 21.3 Å². The van der Waals surface area contributed by atoms with E-state index in [-0.39, 0.29) is 4.83 Å². The molecule has 0 heterocycles. The van der Waals surface area contributed by atoms with Gasteiger partial charge in [0.2, 0.25) is 0 Å². The topological polar surface area (TPSA) is 27.7 Å². The Balaban J connectivity index is 2.40. The Morgan fingerprint density at radius 1 is 1.05 bits per heavy atom. The average molecular weight is 329 g/mol. The molecule has 106 valence electrons. The molecule has 1 aromatic carbocycles. The van der Waals surface area contributed by atoms with Gasteiger partial charge in [-0.2, -0.15) is 0 Å². The van der Waals surface area contributed by atoms with Crippen LogP contribution in [0.1, 0.15) is 30.2 Å². The number of alkyl halides is 1. The summed E-state index contributed by atoms with van der Waals surface area (Å²) in [7, 11) is 5.00. The maximum atomic E-state index is 5.51. The number of hydrogen-bond donors (Lipinski definition) is 0. The third-order valence-electron chi connectivity index (χ3n) is 3.86. The Hall–Kier alpha value is -0.900. The molecule has 0 spiro atoms. The molecule has 2 atom stereocenters. The molecule has 1 saturated carbocycles. The van der Waals surface area contributed by atoms with Crippen LogP contribution in [0.2, 0.25) is 0 Å². The minimum atomic E-state index is 0.232. The highest BCUT2D eigenvalue weighted by Crippen LogP contribution is 2.51. The van der Waals surface area contributed by atoms with E-state index < -0.39 is 0 Å². The quantitative estimate of drug-likeness (QED) is 0.732. The molecule has 1 fully saturated rings. The first kappa shape index (κ1) is 14.5. The molecule has 0 aromatic heterocycles. The summed E-state index contributed by atoms with van der Waals surface area (Å²) in [5.41, 5.74) is 1.07. The fraction of sp³-hybridized carbons (Fsp3) is 0.600. The molecule has 0 saturated heterocycles. The number of methoxy groups -OCH3 is 3. The fourth-order valence-corrected chi connectivity index (χ4v) is 3.31. The lowest BCUT2D eigenvalue weighted by molar-refractivity contribution is 0.361. The second kappa shape index (κ2) is 6.04. The van der Waals surface area contributed by atoms with Crippen LogP contribution in [0.3, 0.4) is 0 Å². The van der Waals surface area contributed by atoms with Gasteiger partial charge < -0.3 is 14.2 Å². The molecular weight excluding hydrogens is 308 g/mol. The van der Waals surface area contributed by atoms with Crippen LogP contribution in [0.5, 0.6) is 17.2 Å². The summed E-state index contributed by atoms with van der Waals surface area (Å²) in [6, 6.07) is 3.82. The van der Waals surface area contributed by atoms with E-state index in [2.05, 4.69) is 22.9 Å². The second-order valence-electron chi connectivity index (χ2n) is 5.04. The molecule has 19 heavy (non-hydrogen) atoms. The number of ether oxygens (including phenoxy) is 3. The van der Waals surface area contributed by atoms with Crippen LogP contribution >= 0.6 is 15.9 Å². The lowest BCUT2D eigenvalue weighted by Gasteiger charge is -2.23. The van der Waals surface area contributed by atoms with Crippen molar-refractivity contribution in [1.29, 1.82) is 0 Å². The molecule has 4 heteroatoms. The average Bonchev–Trinajstić information content (AvgIpc) is 3.28. The van der Waals surface area contributed by atoms with E-state index in [9.17, 15) is 0 Å². The van der Waals surface area contributed by atoms with Crippen LogP contribution < -0.4 is 14.2 Å². The fourth-order valence-electron chi connectivity index (χ4n) is 2.43. The Morgan fingerprint density at radius 2 is 1.58 bits per heavy atom. The van der Waals surface area contributed by atoms with Gasteiger partial charge in [-0.1, -0.05) is 22.9 Å². The number of hydrogen-bond acceptors (Lipinski definition) is 3. The van der Waals surface area contributed by atoms with Gasteiger partial charge in [0, 0.05) is 17.0 Å². The molecular formula is C15H21BrO3. The van der Waals surface area contributed by atoms with Gasteiger partial charge in [0.25, 0.3) is 0 Å². The van der Waals surface area contributed by atoms with Crippen LogP contribution in [0.15, 0.2) is 12.1 Å². The Morgan fingerprint density at radius 3 is 1.95 bits per heavy atom. The zero-order valence-corrected chi connectivity index (χ0v) is 13.5. The number of benzene rings is 1. The van der Waals surface area contributed by atoms with Gasteiger partial charge in [-0.3, -0.25) is 0 Å². The van der Waals surface area contributed by atoms with E-state index in [0.29, 0.717) is 5.92 Å². The molecule has 0 aliphatic heterocycles. The van der Waals surface area contributed by atoms with Crippen LogP contribution in [0.4, 0.5) is 0 Å².